The van der Waals surface area contributed by atoms with E-state index in [4.69, 9.17) is 0 Å². The van der Waals surface area contributed by atoms with Crippen LogP contribution in [0.5, 0.6) is 0 Å². The highest BCUT2D eigenvalue weighted by Crippen LogP contribution is 2.30. The number of hydrogen-bond acceptors (Lipinski definition) is 2. The molecule has 1 N–H and O–H groups in total. The molecule has 6 heteroatoms. The molecule has 2 rings (SSSR count). The molecule has 0 bridgehead atoms. The number of carbonyl (C=O) groups excluding carboxylic acids is 1. The van der Waals surface area contributed by atoms with Gasteiger partial charge in [0.2, 0.25) is 5.91 Å². The van der Waals surface area contributed by atoms with E-state index >= 15 is 0 Å². The maximum atomic E-state index is 12.3. The maximum absolute atomic E-state index is 12.3. The number of halogens is 3. The first-order valence-electron chi connectivity index (χ1n) is 4.28. The number of amides is 1. The Hall–Kier alpha value is -1.59. The normalized spacial score (nSPS) is 15.8. The summed E-state index contributed by atoms with van der Waals surface area (Å²) >= 11 is 0. The van der Waals surface area contributed by atoms with E-state index < -0.39 is 11.7 Å². The van der Waals surface area contributed by atoms with Gasteiger partial charge in [0.25, 0.3) is 0 Å². The number of rotatable bonds is 0. The molecule has 1 aliphatic rings. The van der Waals surface area contributed by atoms with Crippen LogP contribution >= 0.6 is 0 Å². The van der Waals surface area contributed by atoms with Crippen LogP contribution in [0.3, 0.4) is 0 Å². The Kier molecular flexibility index (Phi) is 2.13. The topological polar surface area (TPSA) is 42.0 Å². The second-order valence-corrected chi connectivity index (χ2v) is 3.28. The molecule has 2 heterocycles. The summed E-state index contributed by atoms with van der Waals surface area (Å²) < 4.78 is 36.9. The fourth-order valence-electron chi connectivity index (χ4n) is 1.41. The summed E-state index contributed by atoms with van der Waals surface area (Å²) in [4.78, 5) is 14.6. The molecular formula is C9H7F3N2O. The molecule has 3 nitrogen and oxygen atoms in total. The van der Waals surface area contributed by atoms with Gasteiger partial charge in [-0.1, -0.05) is 0 Å². The second kappa shape index (κ2) is 3.22. The minimum atomic E-state index is -4.39. The minimum Gasteiger partial charge on any atom is -0.352 e. The van der Waals surface area contributed by atoms with Crippen LogP contribution in [0.15, 0.2) is 12.3 Å². The van der Waals surface area contributed by atoms with Crippen molar-refractivity contribution in [3.05, 3.63) is 29.1 Å². The number of carbonyl (C=O) groups is 1. The number of nitrogens with one attached hydrogen (secondary N) is 1. The monoisotopic (exact) mass is 216 g/mol. The fraction of sp³-hybridized carbons (Fsp3) is 0.333. The largest absolute Gasteiger partial charge is 0.417 e. The third-order valence-corrected chi connectivity index (χ3v) is 2.19. The van der Waals surface area contributed by atoms with Crippen molar-refractivity contribution in [1.82, 2.24) is 10.3 Å². The molecule has 80 valence electrons. The molecule has 0 saturated heterocycles. The summed E-state index contributed by atoms with van der Waals surface area (Å²) in [7, 11) is 0. The summed E-state index contributed by atoms with van der Waals surface area (Å²) in [6, 6.07) is 1.03. The molecule has 1 aromatic heterocycles. The second-order valence-electron chi connectivity index (χ2n) is 3.28. The van der Waals surface area contributed by atoms with Gasteiger partial charge in [-0.3, -0.25) is 9.78 Å². The lowest BCUT2D eigenvalue weighted by Gasteiger charge is -2.17. The molecular weight excluding hydrogens is 209 g/mol. The van der Waals surface area contributed by atoms with E-state index in [2.05, 4.69) is 10.3 Å². The molecule has 0 aromatic carbocycles. The van der Waals surface area contributed by atoms with Gasteiger partial charge in [-0.15, -0.1) is 0 Å². The highest BCUT2D eigenvalue weighted by atomic mass is 19.4. The van der Waals surface area contributed by atoms with E-state index in [0.717, 1.165) is 12.3 Å². The van der Waals surface area contributed by atoms with Crippen molar-refractivity contribution in [3.63, 3.8) is 0 Å². The summed E-state index contributed by atoms with van der Waals surface area (Å²) in [5.74, 6) is -0.213. The Morgan fingerprint density at radius 3 is 2.80 bits per heavy atom. The van der Waals surface area contributed by atoms with Crippen molar-refractivity contribution < 1.29 is 18.0 Å². The SMILES string of the molecule is O=C1Cc2ncc(C(F)(F)F)cc2CN1. The number of fused-ring (bicyclic) bond motifs is 1. The Balaban J connectivity index is 2.39. The lowest BCUT2D eigenvalue weighted by Crippen LogP contribution is -2.31. The standard InChI is InChI=1S/C9H7F3N2O/c10-9(11,12)6-1-5-3-14-8(15)2-7(5)13-4-6/h1,4H,2-3H2,(H,14,15). The van der Waals surface area contributed by atoms with Crippen LogP contribution in [-0.4, -0.2) is 10.9 Å². The molecule has 1 aliphatic heterocycles. The number of pyridine rings is 1. The maximum Gasteiger partial charge on any atom is 0.417 e. The summed E-state index contributed by atoms with van der Waals surface area (Å²) in [6.07, 6.45) is -3.58. The van der Waals surface area contributed by atoms with Crippen LogP contribution in [-0.2, 0) is 23.9 Å². The molecule has 15 heavy (non-hydrogen) atoms. The van der Waals surface area contributed by atoms with Crippen LogP contribution < -0.4 is 5.32 Å². The van der Waals surface area contributed by atoms with Crippen molar-refractivity contribution in [2.75, 3.05) is 0 Å². The van der Waals surface area contributed by atoms with Gasteiger partial charge < -0.3 is 5.32 Å². The molecule has 0 atom stereocenters. The Bertz CT molecular complexity index is 414. The predicted octanol–water partition coefficient (Wildman–Crippen LogP) is 1.27. The number of alkyl halides is 3. The van der Waals surface area contributed by atoms with Gasteiger partial charge in [-0.2, -0.15) is 13.2 Å². The van der Waals surface area contributed by atoms with Crippen LogP contribution in [0, 0.1) is 0 Å². The summed E-state index contributed by atoms with van der Waals surface area (Å²) in [5.41, 5.74) is 0.0774. The third-order valence-electron chi connectivity index (χ3n) is 2.19. The Morgan fingerprint density at radius 1 is 1.40 bits per heavy atom. The van der Waals surface area contributed by atoms with Gasteiger partial charge in [0.1, 0.15) is 0 Å². The van der Waals surface area contributed by atoms with Crippen molar-refractivity contribution >= 4 is 5.91 Å². The highest BCUT2D eigenvalue weighted by Gasteiger charge is 2.32. The molecule has 0 aliphatic carbocycles. The van der Waals surface area contributed by atoms with Crippen molar-refractivity contribution in [3.8, 4) is 0 Å². The average molecular weight is 216 g/mol. The molecule has 0 spiro atoms. The van der Waals surface area contributed by atoms with Crippen LogP contribution in [0.25, 0.3) is 0 Å². The van der Waals surface area contributed by atoms with Crippen molar-refractivity contribution in [2.24, 2.45) is 0 Å². The van der Waals surface area contributed by atoms with Crippen molar-refractivity contribution in [2.45, 2.75) is 19.1 Å². The van der Waals surface area contributed by atoms with Gasteiger partial charge in [0.15, 0.2) is 0 Å². The zero-order valence-electron chi connectivity index (χ0n) is 7.56. The van der Waals surface area contributed by atoms with E-state index in [-0.39, 0.29) is 18.9 Å². The van der Waals surface area contributed by atoms with Crippen LogP contribution in [0.2, 0.25) is 0 Å². The quantitative estimate of drug-likeness (QED) is 0.709. The van der Waals surface area contributed by atoms with Gasteiger partial charge in [-0.25, -0.2) is 0 Å². The lowest BCUT2D eigenvalue weighted by atomic mass is 10.0. The third kappa shape index (κ3) is 1.93. The molecule has 0 saturated carbocycles. The zero-order chi connectivity index (χ0) is 11.1. The van der Waals surface area contributed by atoms with Gasteiger partial charge in [0.05, 0.1) is 17.7 Å². The molecule has 1 aromatic rings. The van der Waals surface area contributed by atoms with E-state index in [1.54, 1.807) is 0 Å². The van der Waals surface area contributed by atoms with Crippen LogP contribution in [0.1, 0.15) is 16.8 Å². The van der Waals surface area contributed by atoms with Gasteiger partial charge in [-0.05, 0) is 11.6 Å². The molecule has 0 fully saturated rings. The molecule has 1 amide bonds. The number of aromatic nitrogens is 1. The van der Waals surface area contributed by atoms with Gasteiger partial charge >= 0.3 is 6.18 Å². The van der Waals surface area contributed by atoms with E-state index in [9.17, 15) is 18.0 Å². The summed E-state index contributed by atoms with van der Waals surface area (Å²) in [5, 5.41) is 2.47. The van der Waals surface area contributed by atoms with Crippen LogP contribution in [0.4, 0.5) is 13.2 Å². The fourth-order valence-corrected chi connectivity index (χ4v) is 1.41. The van der Waals surface area contributed by atoms with Crippen molar-refractivity contribution in [1.29, 1.82) is 0 Å². The highest BCUT2D eigenvalue weighted by molar-refractivity contribution is 5.80. The Morgan fingerprint density at radius 2 is 2.13 bits per heavy atom. The summed E-state index contributed by atoms with van der Waals surface area (Å²) in [6.45, 7) is 0.116. The predicted molar refractivity (Wildman–Crippen MR) is 44.8 cm³/mol. The van der Waals surface area contributed by atoms with E-state index in [1.165, 1.54) is 0 Å². The first-order valence-corrected chi connectivity index (χ1v) is 4.28. The number of hydrogen-bond donors (Lipinski definition) is 1. The molecule has 0 radical (unpaired) electrons. The van der Waals surface area contributed by atoms with Gasteiger partial charge in [0, 0.05) is 12.7 Å². The zero-order valence-corrected chi connectivity index (χ0v) is 7.56. The minimum absolute atomic E-state index is 0.0491. The average Bonchev–Trinajstić information content (AvgIpc) is 2.15. The number of nitrogens with zero attached hydrogens (tertiary/aromatic N) is 1. The smallest absolute Gasteiger partial charge is 0.352 e. The first kappa shape index (κ1) is 9.95. The first-order chi connectivity index (χ1) is 6.97. The molecule has 0 unspecified atom stereocenters. The lowest BCUT2D eigenvalue weighted by molar-refractivity contribution is -0.137. The van der Waals surface area contributed by atoms with E-state index in [1.807, 2.05) is 0 Å². The Labute approximate surface area is 83.3 Å². The van der Waals surface area contributed by atoms with E-state index in [0.29, 0.717) is 11.3 Å².